The maximum Gasteiger partial charge on any atom is 0.410 e. The molecule has 0 radical (unpaired) electrons. The molecule has 1 fully saturated rings. The Hall–Kier alpha value is -0.0400. The average molecular weight is 369 g/mol. The molecule has 0 aromatic carbocycles. The predicted octanol–water partition coefficient (Wildman–Crippen LogP) is 3.23. The van der Waals surface area contributed by atoms with E-state index in [1.54, 1.807) is 4.90 Å². The molecule has 0 unspecified atom stereocenters. The van der Waals surface area contributed by atoms with Gasteiger partial charge in [0, 0.05) is 24.1 Å². The number of carbonyl (C=O) groups is 1. The lowest BCUT2D eigenvalue weighted by molar-refractivity contribution is -0.0626. The first kappa shape index (κ1) is 16.0. The third-order valence-corrected chi connectivity index (χ3v) is 4.41. The van der Waals surface area contributed by atoms with E-state index in [0.717, 1.165) is 37.0 Å². The van der Waals surface area contributed by atoms with Gasteiger partial charge in [-0.3, -0.25) is 0 Å². The first-order chi connectivity index (χ1) is 8.32. The number of hydrogen-bond acceptors (Lipinski definition) is 3. The summed E-state index contributed by atoms with van der Waals surface area (Å²) in [5.74, 6) is 0. The third-order valence-electron chi connectivity index (χ3n) is 3.02. The first-order valence-electron chi connectivity index (χ1n) is 6.50. The van der Waals surface area contributed by atoms with E-state index in [2.05, 4.69) is 22.6 Å². The van der Waals surface area contributed by atoms with Crippen LogP contribution >= 0.6 is 22.6 Å². The Morgan fingerprint density at radius 1 is 1.33 bits per heavy atom. The number of carbonyl (C=O) groups excluding carboxylic acids is 1. The minimum Gasteiger partial charge on any atom is -0.444 e. The van der Waals surface area contributed by atoms with Crippen molar-refractivity contribution in [1.82, 2.24) is 4.90 Å². The van der Waals surface area contributed by atoms with E-state index in [1.807, 2.05) is 27.7 Å². The van der Waals surface area contributed by atoms with E-state index in [-0.39, 0.29) is 11.7 Å². The maximum absolute atomic E-state index is 11.9. The number of likely N-dealkylation sites (tertiary alicyclic amines) is 1. The van der Waals surface area contributed by atoms with Crippen molar-refractivity contribution in [3.8, 4) is 0 Å². The Balaban J connectivity index is 2.50. The van der Waals surface area contributed by atoms with Gasteiger partial charge in [0.1, 0.15) is 5.60 Å². The molecule has 5 heteroatoms. The molecule has 1 rings (SSSR count). The zero-order valence-electron chi connectivity index (χ0n) is 11.8. The van der Waals surface area contributed by atoms with Gasteiger partial charge in [0.05, 0.1) is 5.60 Å². The van der Waals surface area contributed by atoms with Crippen LogP contribution < -0.4 is 0 Å². The number of hydrogen-bond donors (Lipinski definition) is 0. The van der Waals surface area contributed by atoms with Gasteiger partial charge in [-0.05, 0) is 40.5 Å². The number of alkyl halides is 1. The summed E-state index contributed by atoms with van der Waals surface area (Å²) in [4.78, 5) is 13.7. The van der Waals surface area contributed by atoms with Crippen LogP contribution in [0.2, 0.25) is 0 Å². The average Bonchev–Trinajstić information content (AvgIpc) is 2.28. The summed E-state index contributed by atoms with van der Waals surface area (Å²) >= 11 is 2.37. The molecule has 0 spiro atoms. The molecule has 0 bridgehead atoms. The molecule has 0 aliphatic carbocycles. The molecule has 1 heterocycles. The lowest BCUT2D eigenvalue weighted by atomic mass is 9.93. The highest BCUT2D eigenvalue weighted by atomic mass is 127. The van der Waals surface area contributed by atoms with Crippen molar-refractivity contribution in [2.24, 2.45) is 0 Å². The van der Waals surface area contributed by atoms with E-state index in [0.29, 0.717) is 0 Å². The molecule has 4 nitrogen and oxygen atoms in total. The first-order valence-corrected chi connectivity index (χ1v) is 8.02. The van der Waals surface area contributed by atoms with E-state index in [1.165, 1.54) is 0 Å². The van der Waals surface area contributed by atoms with Crippen LogP contribution in [0, 0.1) is 0 Å². The standard InChI is InChI=1S/C13H24INO3/c1-5-17-13(10-14)6-8-15(9-7-13)11(16)18-12(2,3)4/h5-10H2,1-4H3. The summed E-state index contributed by atoms with van der Waals surface area (Å²) < 4.78 is 12.2. The predicted molar refractivity (Wildman–Crippen MR) is 80.3 cm³/mol. The zero-order valence-corrected chi connectivity index (χ0v) is 14.0. The van der Waals surface area contributed by atoms with Gasteiger partial charge in [-0.2, -0.15) is 0 Å². The monoisotopic (exact) mass is 369 g/mol. The second kappa shape index (κ2) is 6.41. The van der Waals surface area contributed by atoms with Crippen LogP contribution in [0.25, 0.3) is 0 Å². The summed E-state index contributed by atoms with van der Waals surface area (Å²) in [6.45, 7) is 9.87. The number of rotatable bonds is 3. The summed E-state index contributed by atoms with van der Waals surface area (Å²) in [6.07, 6.45) is 1.58. The normalized spacial score (nSPS) is 19.7. The molecule has 0 N–H and O–H groups in total. The fourth-order valence-electron chi connectivity index (χ4n) is 2.05. The molecule has 0 saturated carbocycles. The summed E-state index contributed by atoms with van der Waals surface area (Å²) in [6, 6.07) is 0. The van der Waals surface area contributed by atoms with Crippen LogP contribution in [-0.4, -0.2) is 46.3 Å². The molecule has 106 valence electrons. The van der Waals surface area contributed by atoms with Crippen molar-refractivity contribution in [2.45, 2.75) is 51.7 Å². The Bertz CT molecular complexity index is 280. The molecule has 1 saturated heterocycles. The molecule has 0 aromatic heterocycles. The maximum atomic E-state index is 11.9. The summed E-state index contributed by atoms with van der Waals surface area (Å²) in [5.41, 5.74) is -0.470. The third kappa shape index (κ3) is 4.57. The van der Waals surface area contributed by atoms with E-state index < -0.39 is 5.60 Å². The van der Waals surface area contributed by atoms with Gasteiger partial charge in [-0.1, -0.05) is 22.6 Å². The van der Waals surface area contributed by atoms with Gasteiger partial charge >= 0.3 is 6.09 Å². The number of halogens is 1. The van der Waals surface area contributed by atoms with Gasteiger partial charge in [-0.15, -0.1) is 0 Å². The minimum atomic E-state index is -0.422. The molecule has 0 aromatic rings. The highest BCUT2D eigenvalue weighted by Crippen LogP contribution is 2.29. The summed E-state index contributed by atoms with van der Waals surface area (Å²) in [5, 5.41) is 0. The van der Waals surface area contributed by atoms with Crippen molar-refractivity contribution in [3.05, 3.63) is 0 Å². The van der Waals surface area contributed by atoms with E-state index >= 15 is 0 Å². The van der Waals surface area contributed by atoms with Crippen molar-refractivity contribution in [2.75, 3.05) is 24.1 Å². The largest absolute Gasteiger partial charge is 0.444 e. The second-order valence-electron chi connectivity index (χ2n) is 5.72. The van der Waals surface area contributed by atoms with Crippen molar-refractivity contribution < 1.29 is 14.3 Å². The van der Waals surface area contributed by atoms with Crippen LogP contribution in [-0.2, 0) is 9.47 Å². The van der Waals surface area contributed by atoms with E-state index in [9.17, 15) is 4.79 Å². The highest BCUT2D eigenvalue weighted by molar-refractivity contribution is 14.1. The minimum absolute atomic E-state index is 0.0478. The van der Waals surface area contributed by atoms with Crippen LogP contribution in [0.1, 0.15) is 40.5 Å². The van der Waals surface area contributed by atoms with Gasteiger partial charge in [0.25, 0.3) is 0 Å². The van der Waals surface area contributed by atoms with Gasteiger partial charge in [0.15, 0.2) is 0 Å². The molecule has 1 amide bonds. The van der Waals surface area contributed by atoms with Gasteiger partial charge in [0.2, 0.25) is 0 Å². The van der Waals surface area contributed by atoms with Crippen LogP contribution in [0.3, 0.4) is 0 Å². The Labute approximate surface area is 124 Å². The molecule has 18 heavy (non-hydrogen) atoms. The Kier molecular flexibility index (Phi) is 5.70. The molecular formula is C13H24INO3. The zero-order chi connectivity index (χ0) is 13.8. The number of piperidine rings is 1. The fraction of sp³-hybridized carbons (Fsp3) is 0.923. The SMILES string of the molecule is CCOC1(CI)CCN(C(=O)OC(C)(C)C)CC1. The van der Waals surface area contributed by atoms with Crippen molar-refractivity contribution >= 4 is 28.7 Å². The summed E-state index contributed by atoms with van der Waals surface area (Å²) in [7, 11) is 0. The van der Waals surface area contributed by atoms with Crippen LogP contribution in [0.4, 0.5) is 4.79 Å². The lowest BCUT2D eigenvalue weighted by Gasteiger charge is -2.40. The van der Waals surface area contributed by atoms with Crippen LogP contribution in [0.15, 0.2) is 0 Å². The molecule has 1 aliphatic heterocycles. The van der Waals surface area contributed by atoms with Crippen molar-refractivity contribution in [1.29, 1.82) is 0 Å². The fourth-order valence-corrected chi connectivity index (χ4v) is 3.03. The van der Waals surface area contributed by atoms with E-state index in [4.69, 9.17) is 9.47 Å². The van der Waals surface area contributed by atoms with Gasteiger partial charge in [-0.25, -0.2) is 4.79 Å². The smallest absolute Gasteiger partial charge is 0.410 e. The van der Waals surface area contributed by atoms with Gasteiger partial charge < -0.3 is 14.4 Å². The number of ether oxygens (including phenoxy) is 2. The molecular weight excluding hydrogens is 345 g/mol. The van der Waals surface area contributed by atoms with Crippen LogP contribution in [0.5, 0.6) is 0 Å². The number of nitrogens with zero attached hydrogens (tertiary/aromatic N) is 1. The quantitative estimate of drug-likeness (QED) is 0.567. The highest BCUT2D eigenvalue weighted by Gasteiger charge is 2.36. The lowest BCUT2D eigenvalue weighted by Crippen LogP contribution is -2.50. The second-order valence-corrected chi connectivity index (χ2v) is 6.48. The molecule has 0 atom stereocenters. The Morgan fingerprint density at radius 3 is 2.28 bits per heavy atom. The molecule has 1 aliphatic rings. The van der Waals surface area contributed by atoms with Crippen molar-refractivity contribution in [3.63, 3.8) is 0 Å². The number of amides is 1. The Morgan fingerprint density at radius 2 is 1.89 bits per heavy atom. The topological polar surface area (TPSA) is 38.8 Å².